The fourth-order valence-electron chi connectivity index (χ4n) is 4.32. The SMILES string of the molecule is O=C1c2ccccc2C(=O)N1CCCS(=O)(=O)NC1CC2CCC(C1)N2. The summed E-state index contributed by atoms with van der Waals surface area (Å²) in [6, 6.07) is 7.50. The molecule has 2 N–H and O–H groups in total. The van der Waals surface area contributed by atoms with Crippen molar-refractivity contribution in [2.75, 3.05) is 12.3 Å². The van der Waals surface area contributed by atoms with Gasteiger partial charge < -0.3 is 5.32 Å². The van der Waals surface area contributed by atoms with E-state index in [2.05, 4.69) is 10.0 Å². The Morgan fingerprint density at radius 2 is 1.62 bits per heavy atom. The molecule has 7 nitrogen and oxygen atoms in total. The zero-order valence-corrected chi connectivity index (χ0v) is 15.3. The normalized spacial score (nSPS) is 27.8. The molecule has 0 aromatic heterocycles. The van der Waals surface area contributed by atoms with Gasteiger partial charge in [0.05, 0.1) is 16.9 Å². The summed E-state index contributed by atoms with van der Waals surface area (Å²) in [5.74, 6) is -0.767. The van der Waals surface area contributed by atoms with Gasteiger partial charge in [0.2, 0.25) is 10.0 Å². The van der Waals surface area contributed by atoms with Crippen LogP contribution in [-0.4, -0.2) is 55.6 Å². The first-order valence-electron chi connectivity index (χ1n) is 9.14. The molecule has 26 heavy (non-hydrogen) atoms. The third-order valence-corrected chi connectivity index (χ3v) is 7.01. The number of fused-ring (bicyclic) bond motifs is 3. The van der Waals surface area contributed by atoms with Crippen LogP contribution in [0.2, 0.25) is 0 Å². The van der Waals surface area contributed by atoms with Gasteiger partial charge in [-0.2, -0.15) is 0 Å². The predicted molar refractivity (Wildman–Crippen MR) is 96.3 cm³/mol. The molecule has 1 aromatic carbocycles. The standard InChI is InChI=1S/C18H23N3O4S/c22-17-15-4-1-2-5-16(15)18(23)21(17)8-3-9-26(24,25)20-14-10-12-6-7-13(11-14)19-12/h1-2,4-5,12-14,19-20H,3,6-11H2. The average Bonchev–Trinajstić information content (AvgIpc) is 3.06. The van der Waals surface area contributed by atoms with E-state index in [4.69, 9.17) is 0 Å². The highest BCUT2D eigenvalue weighted by atomic mass is 32.2. The molecule has 2 unspecified atom stereocenters. The smallest absolute Gasteiger partial charge is 0.261 e. The summed E-state index contributed by atoms with van der Waals surface area (Å²) in [5.41, 5.74) is 0.785. The van der Waals surface area contributed by atoms with Crippen LogP contribution < -0.4 is 10.0 Å². The van der Waals surface area contributed by atoms with Gasteiger partial charge >= 0.3 is 0 Å². The maximum absolute atomic E-state index is 12.4. The minimum absolute atomic E-state index is 0.0157. The number of nitrogens with one attached hydrogen (secondary N) is 2. The Hall–Kier alpha value is -1.77. The van der Waals surface area contributed by atoms with Gasteiger partial charge in [-0.3, -0.25) is 14.5 Å². The van der Waals surface area contributed by atoms with Crippen molar-refractivity contribution in [2.45, 2.75) is 50.2 Å². The van der Waals surface area contributed by atoms with Crippen molar-refractivity contribution in [3.63, 3.8) is 0 Å². The molecule has 2 bridgehead atoms. The average molecular weight is 377 g/mol. The summed E-state index contributed by atoms with van der Waals surface area (Å²) in [7, 11) is -3.42. The Morgan fingerprint density at radius 3 is 2.19 bits per heavy atom. The summed E-state index contributed by atoms with van der Waals surface area (Å²) < 4.78 is 27.5. The lowest BCUT2D eigenvalue weighted by atomic mass is 10.0. The molecule has 0 aliphatic carbocycles. The molecular formula is C18H23N3O4S. The van der Waals surface area contributed by atoms with E-state index < -0.39 is 10.0 Å². The van der Waals surface area contributed by atoms with Gasteiger partial charge in [-0.25, -0.2) is 13.1 Å². The zero-order valence-electron chi connectivity index (χ0n) is 14.5. The van der Waals surface area contributed by atoms with Gasteiger partial charge in [-0.15, -0.1) is 0 Å². The molecule has 3 heterocycles. The van der Waals surface area contributed by atoms with Crippen LogP contribution in [0.5, 0.6) is 0 Å². The highest BCUT2D eigenvalue weighted by molar-refractivity contribution is 7.89. The molecule has 1 aromatic rings. The van der Waals surface area contributed by atoms with Gasteiger partial charge in [0.15, 0.2) is 0 Å². The third kappa shape index (κ3) is 3.41. The molecular weight excluding hydrogens is 354 g/mol. The quantitative estimate of drug-likeness (QED) is 0.718. The van der Waals surface area contributed by atoms with E-state index in [1.165, 1.54) is 0 Å². The van der Waals surface area contributed by atoms with Crippen LogP contribution >= 0.6 is 0 Å². The maximum Gasteiger partial charge on any atom is 0.261 e. The number of carbonyl (C=O) groups excluding carboxylic acids is 2. The lowest BCUT2D eigenvalue weighted by Gasteiger charge is -2.29. The van der Waals surface area contributed by atoms with Gasteiger partial charge in [0, 0.05) is 24.7 Å². The number of nitrogens with zero attached hydrogens (tertiary/aromatic N) is 1. The third-order valence-electron chi connectivity index (χ3n) is 5.49. The summed E-state index contributed by atoms with van der Waals surface area (Å²) in [6.45, 7) is 0.116. The molecule has 2 saturated heterocycles. The number of imide groups is 1. The Bertz CT molecular complexity index is 792. The van der Waals surface area contributed by atoms with E-state index in [0.29, 0.717) is 23.2 Å². The largest absolute Gasteiger partial charge is 0.311 e. The van der Waals surface area contributed by atoms with Gasteiger partial charge in [-0.05, 0) is 44.2 Å². The maximum atomic E-state index is 12.4. The molecule has 0 spiro atoms. The molecule has 2 amide bonds. The van der Waals surface area contributed by atoms with Crippen molar-refractivity contribution in [1.82, 2.24) is 14.9 Å². The van der Waals surface area contributed by atoms with Crippen LogP contribution in [-0.2, 0) is 10.0 Å². The van der Waals surface area contributed by atoms with E-state index in [1.54, 1.807) is 24.3 Å². The van der Waals surface area contributed by atoms with Crippen LogP contribution in [0.3, 0.4) is 0 Å². The number of rotatable bonds is 6. The number of piperidine rings is 1. The van der Waals surface area contributed by atoms with E-state index in [0.717, 1.165) is 30.6 Å². The summed E-state index contributed by atoms with van der Waals surface area (Å²) >= 11 is 0. The first-order chi connectivity index (χ1) is 12.4. The predicted octanol–water partition coefficient (Wildman–Crippen LogP) is 0.875. The zero-order chi connectivity index (χ0) is 18.3. The minimum atomic E-state index is -3.42. The van der Waals surface area contributed by atoms with Gasteiger partial charge in [0.25, 0.3) is 11.8 Å². The van der Waals surface area contributed by atoms with E-state index >= 15 is 0 Å². The monoisotopic (exact) mass is 377 g/mol. The summed E-state index contributed by atoms with van der Waals surface area (Å²) in [6.07, 6.45) is 4.12. The van der Waals surface area contributed by atoms with Crippen LogP contribution in [0.1, 0.15) is 52.8 Å². The Balaban J connectivity index is 1.30. The number of benzene rings is 1. The lowest BCUT2D eigenvalue weighted by Crippen LogP contribution is -2.48. The van der Waals surface area contributed by atoms with Crippen molar-refractivity contribution in [1.29, 1.82) is 0 Å². The van der Waals surface area contributed by atoms with E-state index in [-0.39, 0.29) is 36.6 Å². The molecule has 2 atom stereocenters. The first kappa shape index (κ1) is 17.6. The second-order valence-corrected chi connectivity index (χ2v) is 9.28. The highest BCUT2D eigenvalue weighted by Crippen LogP contribution is 2.27. The number of hydrogen-bond acceptors (Lipinski definition) is 5. The van der Waals surface area contributed by atoms with Crippen LogP contribution in [0.4, 0.5) is 0 Å². The molecule has 0 radical (unpaired) electrons. The van der Waals surface area contributed by atoms with Crippen molar-refractivity contribution in [3.8, 4) is 0 Å². The van der Waals surface area contributed by atoms with Crippen LogP contribution in [0, 0.1) is 0 Å². The molecule has 8 heteroatoms. The fraction of sp³-hybridized carbons (Fsp3) is 0.556. The molecule has 2 fully saturated rings. The van der Waals surface area contributed by atoms with Crippen molar-refractivity contribution in [2.24, 2.45) is 0 Å². The van der Waals surface area contributed by atoms with Crippen molar-refractivity contribution >= 4 is 21.8 Å². The van der Waals surface area contributed by atoms with E-state index in [1.807, 2.05) is 0 Å². The fourth-order valence-corrected chi connectivity index (χ4v) is 5.65. The molecule has 0 saturated carbocycles. The summed E-state index contributed by atoms with van der Waals surface area (Å²) in [4.78, 5) is 25.7. The van der Waals surface area contributed by atoms with Crippen molar-refractivity contribution in [3.05, 3.63) is 35.4 Å². The molecule has 3 aliphatic rings. The van der Waals surface area contributed by atoms with Crippen molar-refractivity contribution < 1.29 is 18.0 Å². The van der Waals surface area contributed by atoms with E-state index in [9.17, 15) is 18.0 Å². The van der Waals surface area contributed by atoms with Crippen LogP contribution in [0.25, 0.3) is 0 Å². The topological polar surface area (TPSA) is 95.6 Å². The molecule has 4 rings (SSSR count). The van der Waals surface area contributed by atoms with Gasteiger partial charge in [0.1, 0.15) is 0 Å². The number of carbonyl (C=O) groups is 2. The number of sulfonamides is 1. The second kappa shape index (κ2) is 6.75. The molecule has 140 valence electrons. The minimum Gasteiger partial charge on any atom is -0.311 e. The first-order valence-corrected chi connectivity index (χ1v) is 10.8. The Morgan fingerprint density at radius 1 is 1.04 bits per heavy atom. The van der Waals surface area contributed by atoms with Crippen LogP contribution in [0.15, 0.2) is 24.3 Å². The van der Waals surface area contributed by atoms with Gasteiger partial charge in [-0.1, -0.05) is 12.1 Å². The Kier molecular flexibility index (Phi) is 4.58. The Labute approximate surface area is 153 Å². The summed E-state index contributed by atoms with van der Waals surface area (Å²) in [5, 5.41) is 3.49. The second-order valence-electron chi connectivity index (χ2n) is 7.40. The number of amides is 2. The highest BCUT2D eigenvalue weighted by Gasteiger charge is 2.36. The molecule has 3 aliphatic heterocycles. The lowest BCUT2D eigenvalue weighted by molar-refractivity contribution is 0.0654. The number of hydrogen-bond donors (Lipinski definition) is 2.